The predicted octanol–water partition coefficient (Wildman–Crippen LogP) is 3.98. The van der Waals surface area contributed by atoms with E-state index in [9.17, 15) is 14.7 Å². The highest BCUT2D eigenvalue weighted by atomic mass is 16.6. The third-order valence-electron chi connectivity index (χ3n) is 7.46. The van der Waals surface area contributed by atoms with E-state index in [0.29, 0.717) is 18.4 Å². The molecule has 1 saturated carbocycles. The molecule has 6 nitrogen and oxygen atoms in total. The van der Waals surface area contributed by atoms with Crippen LogP contribution >= 0.6 is 0 Å². The van der Waals surface area contributed by atoms with E-state index in [2.05, 4.69) is 33.0 Å². The predicted molar refractivity (Wildman–Crippen MR) is 128 cm³/mol. The van der Waals surface area contributed by atoms with E-state index in [1.54, 1.807) is 6.08 Å². The number of rotatable bonds is 9. The Labute approximate surface area is 197 Å². The fourth-order valence-corrected chi connectivity index (χ4v) is 5.63. The van der Waals surface area contributed by atoms with Crippen LogP contribution in [0.15, 0.2) is 36.4 Å². The summed E-state index contributed by atoms with van der Waals surface area (Å²) in [4.78, 5) is 24.7. The van der Waals surface area contributed by atoms with Crippen LogP contribution in [-0.2, 0) is 19.1 Å². The van der Waals surface area contributed by atoms with E-state index in [-0.39, 0.29) is 35.9 Å². The molecule has 0 bridgehead atoms. The summed E-state index contributed by atoms with van der Waals surface area (Å²) in [5.41, 5.74) is 0.374. The maximum Gasteiger partial charge on any atom is 0.331 e. The topological polar surface area (TPSA) is 84.9 Å². The second-order valence-corrected chi connectivity index (χ2v) is 10.2. The maximum atomic E-state index is 12.6. The van der Waals surface area contributed by atoms with Gasteiger partial charge < -0.3 is 19.9 Å². The van der Waals surface area contributed by atoms with Gasteiger partial charge in [0.15, 0.2) is 0 Å². The van der Waals surface area contributed by atoms with Gasteiger partial charge in [-0.25, -0.2) is 4.79 Å². The molecule has 1 aromatic rings. The molecule has 1 aliphatic carbocycles. The molecule has 2 aliphatic rings. The van der Waals surface area contributed by atoms with Crippen molar-refractivity contribution in [1.29, 1.82) is 0 Å². The number of amides is 1. The van der Waals surface area contributed by atoms with Gasteiger partial charge in [-0.05, 0) is 62.0 Å². The number of fused-ring (bicyclic) bond motifs is 1. The SMILES string of the molecule is CC(C)CCC(NC(=O)CO)C1(C)OCC(OC(=O)/C=C/c2ccccc2)C2C(C)CCC21. The number of carbonyl (C=O) groups is 2. The number of benzene rings is 1. The first kappa shape index (κ1) is 25.4. The fourth-order valence-electron chi connectivity index (χ4n) is 5.63. The maximum absolute atomic E-state index is 12.6. The van der Waals surface area contributed by atoms with Crippen molar-refractivity contribution in [2.75, 3.05) is 13.2 Å². The number of nitrogens with one attached hydrogen (secondary N) is 1. The van der Waals surface area contributed by atoms with E-state index in [1.165, 1.54) is 6.08 Å². The molecule has 0 radical (unpaired) electrons. The Morgan fingerprint density at radius 2 is 1.97 bits per heavy atom. The zero-order chi connectivity index (χ0) is 24.0. The fraction of sp³-hybridized carbons (Fsp3) is 0.630. The molecule has 6 atom stereocenters. The standard InChI is InChI=1S/C27H39NO5/c1-18(2)10-14-23(28-24(30)16-29)27(4)21-13-11-19(3)26(21)22(17-32-27)33-25(31)15-12-20-8-6-5-7-9-20/h5-9,12,15,18-19,21-23,26,29H,10-11,13-14,16-17H2,1-4H3,(H,28,30)/b15-12+. The Morgan fingerprint density at radius 3 is 2.64 bits per heavy atom. The van der Waals surface area contributed by atoms with Crippen LogP contribution in [0.2, 0.25) is 0 Å². The molecule has 0 aromatic heterocycles. The van der Waals surface area contributed by atoms with Gasteiger partial charge in [-0.15, -0.1) is 0 Å². The van der Waals surface area contributed by atoms with Crippen molar-refractivity contribution in [3.8, 4) is 0 Å². The number of aliphatic hydroxyl groups excluding tert-OH is 1. The minimum absolute atomic E-state index is 0.160. The molecule has 3 rings (SSSR count). The van der Waals surface area contributed by atoms with E-state index >= 15 is 0 Å². The first-order valence-electron chi connectivity index (χ1n) is 12.2. The smallest absolute Gasteiger partial charge is 0.331 e. The zero-order valence-electron chi connectivity index (χ0n) is 20.3. The lowest BCUT2D eigenvalue weighted by atomic mass is 9.69. The lowest BCUT2D eigenvalue weighted by molar-refractivity contribution is -0.205. The first-order chi connectivity index (χ1) is 15.7. The molecule has 1 amide bonds. The minimum atomic E-state index is -0.571. The molecule has 2 fully saturated rings. The van der Waals surface area contributed by atoms with Crippen molar-refractivity contribution >= 4 is 18.0 Å². The Kier molecular flexibility index (Phi) is 8.71. The largest absolute Gasteiger partial charge is 0.456 e. The summed E-state index contributed by atoms with van der Waals surface area (Å²) in [6.45, 7) is 8.39. The monoisotopic (exact) mass is 457 g/mol. The second-order valence-electron chi connectivity index (χ2n) is 10.2. The molecule has 1 aliphatic heterocycles. The Hall–Kier alpha value is -2.18. The van der Waals surface area contributed by atoms with Gasteiger partial charge in [0.25, 0.3) is 0 Å². The van der Waals surface area contributed by atoms with E-state index in [4.69, 9.17) is 9.47 Å². The van der Waals surface area contributed by atoms with Crippen molar-refractivity contribution in [2.24, 2.45) is 23.7 Å². The van der Waals surface area contributed by atoms with Crippen LogP contribution in [0.4, 0.5) is 0 Å². The molecule has 33 heavy (non-hydrogen) atoms. The first-order valence-corrected chi connectivity index (χ1v) is 12.2. The summed E-state index contributed by atoms with van der Waals surface area (Å²) >= 11 is 0. The van der Waals surface area contributed by atoms with Gasteiger partial charge in [-0.1, -0.05) is 51.1 Å². The van der Waals surface area contributed by atoms with Crippen molar-refractivity contribution in [3.63, 3.8) is 0 Å². The van der Waals surface area contributed by atoms with E-state index in [0.717, 1.165) is 31.2 Å². The van der Waals surface area contributed by atoms with Gasteiger partial charge in [-0.3, -0.25) is 4.79 Å². The molecule has 0 spiro atoms. The van der Waals surface area contributed by atoms with Crippen molar-refractivity contribution in [1.82, 2.24) is 5.32 Å². The van der Waals surface area contributed by atoms with Crippen molar-refractivity contribution in [2.45, 2.75) is 71.1 Å². The number of ether oxygens (including phenoxy) is 2. The Balaban J connectivity index is 1.74. The number of aliphatic hydroxyl groups is 1. The molecule has 1 saturated heterocycles. The Morgan fingerprint density at radius 1 is 1.24 bits per heavy atom. The quantitative estimate of drug-likeness (QED) is 0.433. The molecule has 2 N–H and O–H groups in total. The van der Waals surface area contributed by atoms with Crippen LogP contribution in [0, 0.1) is 23.7 Å². The molecular weight excluding hydrogens is 418 g/mol. The average Bonchev–Trinajstić information content (AvgIpc) is 3.20. The van der Waals surface area contributed by atoms with Crippen LogP contribution in [0.5, 0.6) is 0 Å². The van der Waals surface area contributed by atoms with Gasteiger partial charge in [0.2, 0.25) is 5.91 Å². The van der Waals surface area contributed by atoms with Crippen LogP contribution in [0.3, 0.4) is 0 Å². The average molecular weight is 458 g/mol. The normalized spacial score (nSPS) is 30.2. The van der Waals surface area contributed by atoms with Crippen molar-refractivity contribution < 1.29 is 24.2 Å². The molecule has 6 unspecified atom stereocenters. The molecular formula is C27H39NO5. The molecule has 1 heterocycles. The van der Waals surface area contributed by atoms with E-state index in [1.807, 2.05) is 30.3 Å². The highest BCUT2D eigenvalue weighted by Crippen LogP contribution is 2.51. The van der Waals surface area contributed by atoms with Crippen LogP contribution in [-0.4, -0.2) is 47.9 Å². The van der Waals surface area contributed by atoms with E-state index < -0.39 is 12.2 Å². The number of hydrogen-bond acceptors (Lipinski definition) is 5. The summed E-state index contributed by atoms with van der Waals surface area (Å²) < 4.78 is 12.3. The van der Waals surface area contributed by atoms with Crippen molar-refractivity contribution in [3.05, 3.63) is 42.0 Å². The van der Waals surface area contributed by atoms with Gasteiger partial charge in [-0.2, -0.15) is 0 Å². The highest BCUT2D eigenvalue weighted by molar-refractivity contribution is 5.87. The summed E-state index contributed by atoms with van der Waals surface area (Å²) in [6, 6.07) is 9.46. The molecule has 182 valence electrons. The van der Waals surface area contributed by atoms with Gasteiger partial charge in [0.05, 0.1) is 18.2 Å². The third kappa shape index (κ3) is 6.24. The van der Waals surface area contributed by atoms with Gasteiger partial charge in [0, 0.05) is 12.0 Å². The van der Waals surface area contributed by atoms with Crippen LogP contribution in [0.25, 0.3) is 6.08 Å². The van der Waals surface area contributed by atoms with Crippen LogP contribution < -0.4 is 5.32 Å². The van der Waals surface area contributed by atoms with Gasteiger partial charge in [0.1, 0.15) is 12.7 Å². The highest BCUT2D eigenvalue weighted by Gasteiger charge is 2.56. The zero-order valence-corrected chi connectivity index (χ0v) is 20.3. The Bertz CT molecular complexity index is 823. The summed E-state index contributed by atoms with van der Waals surface area (Å²) in [5.74, 6) is 0.482. The number of hydrogen-bond donors (Lipinski definition) is 2. The number of carbonyl (C=O) groups excluding carboxylic acids is 2. The summed E-state index contributed by atoms with van der Waals surface area (Å²) in [6.07, 6.45) is 6.65. The molecule has 1 aromatic carbocycles. The third-order valence-corrected chi connectivity index (χ3v) is 7.46. The minimum Gasteiger partial charge on any atom is -0.456 e. The van der Waals surface area contributed by atoms with Gasteiger partial charge >= 0.3 is 5.97 Å². The lowest BCUT2D eigenvalue weighted by Crippen LogP contribution is -2.63. The number of esters is 1. The lowest BCUT2D eigenvalue weighted by Gasteiger charge is -2.51. The molecule has 6 heteroatoms. The van der Waals surface area contributed by atoms with Crippen LogP contribution in [0.1, 0.15) is 58.9 Å². The second kappa shape index (κ2) is 11.3. The summed E-state index contributed by atoms with van der Waals surface area (Å²) in [7, 11) is 0. The summed E-state index contributed by atoms with van der Waals surface area (Å²) in [5, 5.41) is 12.4.